The molecule has 1 heterocycles. The minimum Gasteiger partial charge on any atom is -0.461 e. The molecule has 27 heavy (non-hydrogen) atoms. The van der Waals surface area contributed by atoms with Crippen LogP contribution in [0.2, 0.25) is 0 Å². The molecule has 0 fully saturated rings. The number of primary amides is 1. The van der Waals surface area contributed by atoms with Crippen molar-refractivity contribution in [3.63, 3.8) is 0 Å². The number of carbonyl (C=O) groups excluding carboxylic acids is 3. The number of ether oxygens (including phenoxy) is 1. The van der Waals surface area contributed by atoms with E-state index in [2.05, 4.69) is 11.9 Å². The Morgan fingerprint density at radius 3 is 2.37 bits per heavy atom. The van der Waals surface area contributed by atoms with Crippen LogP contribution in [0.5, 0.6) is 0 Å². The molecule has 2 aromatic rings. The molecule has 0 atom stereocenters. The molecule has 0 saturated carbocycles. The van der Waals surface area contributed by atoms with E-state index in [-0.39, 0.29) is 12.5 Å². The summed E-state index contributed by atoms with van der Waals surface area (Å²) >= 11 is 0. The van der Waals surface area contributed by atoms with Crippen molar-refractivity contribution >= 4 is 23.5 Å². The van der Waals surface area contributed by atoms with E-state index in [0.717, 1.165) is 0 Å². The first kappa shape index (κ1) is 20.0. The van der Waals surface area contributed by atoms with Crippen molar-refractivity contribution in [2.24, 2.45) is 5.73 Å². The lowest BCUT2D eigenvalue weighted by molar-refractivity contribution is 0.0513. The van der Waals surface area contributed by atoms with Crippen molar-refractivity contribution in [3.8, 4) is 0 Å². The molecule has 0 saturated heterocycles. The molecule has 0 aliphatic heterocycles. The molecule has 1 aromatic carbocycles. The maximum absolute atomic E-state index is 12.8. The van der Waals surface area contributed by atoms with E-state index in [1.165, 1.54) is 12.1 Å². The summed E-state index contributed by atoms with van der Waals surface area (Å²) < 4.78 is 6.84. The highest BCUT2D eigenvalue weighted by atomic mass is 16.5. The van der Waals surface area contributed by atoms with Gasteiger partial charge in [0.15, 0.2) is 0 Å². The number of hydrogen-bond acceptors (Lipinski definition) is 4. The van der Waals surface area contributed by atoms with Gasteiger partial charge >= 0.3 is 5.97 Å². The Morgan fingerprint density at radius 2 is 1.85 bits per heavy atom. The highest BCUT2D eigenvalue weighted by molar-refractivity contribution is 6.08. The topological polar surface area (TPSA) is 103 Å². The van der Waals surface area contributed by atoms with Crippen LogP contribution in [0.1, 0.15) is 49.4 Å². The maximum Gasteiger partial charge on any atom is 0.355 e. The molecule has 2 amide bonds. The molecule has 3 N–H and O–H groups in total. The standard InChI is InChI=1S/C20H23N3O4/c1-5-11-23-13(4)16(12(3)17(23)20(26)27-6-2)19(25)22-15-9-7-14(8-10-15)18(21)24/h5,7-10H,1,6,11H2,2-4H3,(H2,21,24)(H,22,25). The van der Waals surface area contributed by atoms with Gasteiger partial charge in [-0.15, -0.1) is 6.58 Å². The van der Waals surface area contributed by atoms with E-state index in [1.54, 1.807) is 43.5 Å². The molecular weight excluding hydrogens is 346 g/mol. The number of benzene rings is 1. The predicted octanol–water partition coefficient (Wildman–Crippen LogP) is 2.82. The van der Waals surface area contributed by atoms with Crippen molar-refractivity contribution in [2.75, 3.05) is 11.9 Å². The molecule has 1 aromatic heterocycles. The summed E-state index contributed by atoms with van der Waals surface area (Å²) in [6, 6.07) is 6.25. The normalized spacial score (nSPS) is 10.3. The third-order valence-corrected chi connectivity index (χ3v) is 4.20. The van der Waals surface area contributed by atoms with E-state index < -0.39 is 11.9 Å². The summed E-state index contributed by atoms with van der Waals surface area (Å²) in [6.45, 7) is 9.53. The second-order valence-electron chi connectivity index (χ2n) is 5.95. The third-order valence-electron chi connectivity index (χ3n) is 4.20. The first-order valence-electron chi connectivity index (χ1n) is 8.50. The van der Waals surface area contributed by atoms with Crippen LogP contribution in [0.25, 0.3) is 0 Å². The minimum atomic E-state index is -0.542. The van der Waals surface area contributed by atoms with Gasteiger partial charge in [-0.2, -0.15) is 0 Å². The van der Waals surface area contributed by atoms with Gasteiger partial charge in [-0.3, -0.25) is 9.59 Å². The predicted molar refractivity (Wildman–Crippen MR) is 103 cm³/mol. The zero-order valence-electron chi connectivity index (χ0n) is 15.7. The number of allylic oxidation sites excluding steroid dienone is 1. The number of aromatic nitrogens is 1. The van der Waals surface area contributed by atoms with E-state index in [0.29, 0.717) is 40.3 Å². The van der Waals surface area contributed by atoms with Gasteiger partial charge in [-0.05, 0) is 50.6 Å². The van der Waals surface area contributed by atoms with E-state index in [4.69, 9.17) is 10.5 Å². The number of hydrogen-bond donors (Lipinski definition) is 2. The summed E-state index contributed by atoms with van der Waals surface area (Å²) in [7, 11) is 0. The summed E-state index contributed by atoms with van der Waals surface area (Å²) in [5, 5.41) is 2.78. The Hall–Kier alpha value is -3.35. The highest BCUT2D eigenvalue weighted by Gasteiger charge is 2.26. The lowest BCUT2D eigenvalue weighted by atomic mass is 10.1. The average Bonchev–Trinajstić information content (AvgIpc) is 2.86. The van der Waals surface area contributed by atoms with Crippen LogP contribution in [0.3, 0.4) is 0 Å². The quantitative estimate of drug-likeness (QED) is 0.578. The van der Waals surface area contributed by atoms with Crippen LogP contribution in [0.15, 0.2) is 36.9 Å². The molecule has 0 bridgehead atoms. The van der Waals surface area contributed by atoms with Crippen molar-refractivity contribution < 1.29 is 19.1 Å². The van der Waals surface area contributed by atoms with Gasteiger partial charge in [0.05, 0.1) is 12.2 Å². The largest absolute Gasteiger partial charge is 0.461 e. The van der Waals surface area contributed by atoms with Crippen molar-refractivity contribution in [1.29, 1.82) is 0 Å². The number of amides is 2. The Kier molecular flexibility index (Phi) is 6.18. The van der Waals surface area contributed by atoms with E-state index in [1.807, 2.05) is 0 Å². The van der Waals surface area contributed by atoms with Gasteiger partial charge in [-0.25, -0.2) is 4.79 Å². The number of nitrogens with two attached hydrogens (primary N) is 1. The fraction of sp³-hybridized carbons (Fsp3) is 0.250. The van der Waals surface area contributed by atoms with Crippen molar-refractivity contribution in [2.45, 2.75) is 27.3 Å². The van der Waals surface area contributed by atoms with Gasteiger partial charge in [-0.1, -0.05) is 6.08 Å². The molecule has 0 aliphatic carbocycles. The maximum atomic E-state index is 12.8. The number of carbonyl (C=O) groups is 3. The number of anilines is 1. The SMILES string of the molecule is C=CCn1c(C)c(C(=O)Nc2ccc(C(N)=O)cc2)c(C)c1C(=O)OCC. The van der Waals surface area contributed by atoms with Crippen LogP contribution >= 0.6 is 0 Å². The Balaban J connectivity index is 2.40. The molecule has 142 valence electrons. The Bertz CT molecular complexity index is 895. The molecule has 0 aliphatic rings. The molecule has 0 radical (unpaired) electrons. The summed E-state index contributed by atoms with van der Waals surface area (Å²) in [5.74, 6) is -1.38. The average molecular weight is 369 g/mol. The summed E-state index contributed by atoms with van der Waals surface area (Å²) in [5.41, 5.74) is 8.00. The van der Waals surface area contributed by atoms with Crippen LogP contribution < -0.4 is 11.1 Å². The van der Waals surface area contributed by atoms with Crippen molar-refractivity contribution in [1.82, 2.24) is 4.57 Å². The molecule has 7 nitrogen and oxygen atoms in total. The van der Waals surface area contributed by atoms with Crippen molar-refractivity contribution in [3.05, 3.63) is 65.0 Å². The second kappa shape index (κ2) is 8.35. The van der Waals surface area contributed by atoms with Crippen LogP contribution in [-0.2, 0) is 11.3 Å². The van der Waals surface area contributed by atoms with E-state index >= 15 is 0 Å². The smallest absolute Gasteiger partial charge is 0.355 e. The molecule has 0 spiro atoms. The molecule has 2 rings (SSSR count). The minimum absolute atomic E-state index is 0.240. The number of nitrogens with one attached hydrogen (secondary N) is 1. The zero-order valence-corrected chi connectivity index (χ0v) is 15.7. The van der Waals surface area contributed by atoms with Crippen LogP contribution in [0, 0.1) is 13.8 Å². The highest BCUT2D eigenvalue weighted by Crippen LogP contribution is 2.24. The lowest BCUT2D eigenvalue weighted by Crippen LogP contribution is -2.15. The third kappa shape index (κ3) is 4.08. The molecular formula is C20H23N3O4. The number of rotatable bonds is 7. The van der Waals surface area contributed by atoms with Gasteiger partial charge in [0.2, 0.25) is 5.91 Å². The first-order chi connectivity index (χ1) is 12.8. The fourth-order valence-electron chi connectivity index (χ4n) is 2.96. The zero-order chi connectivity index (χ0) is 20.1. The Labute approximate surface area is 157 Å². The monoisotopic (exact) mass is 369 g/mol. The fourth-order valence-corrected chi connectivity index (χ4v) is 2.96. The van der Waals surface area contributed by atoms with Gasteiger partial charge in [0.25, 0.3) is 5.91 Å². The Morgan fingerprint density at radius 1 is 1.22 bits per heavy atom. The van der Waals surface area contributed by atoms with Crippen LogP contribution in [0.4, 0.5) is 5.69 Å². The molecule has 0 unspecified atom stereocenters. The van der Waals surface area contributed by atoms with Gasteiger partial charge < -0.3 is 20.4 Å². The summed E-state index contributed by atoms with van der Waals surface area (Å²) in [6.07, 6.45) is 1.65. The molecule has 7 heteroatoms. The summed E-state index contributed by atoms with van der Waals surface area (Å²) in [4.78, 5) is 36.3. The van der Waals surface area contributed by atoms with Crippen LogP contribution in [-0.4, -0.2) is 29.0 Å². The second-order valence-corrected chi connectivity index (χ2v) is 5.95. The number of esters is 1. The van der Waals surface area contributed by atoms with Gasteiger partial charge in [0, 0.05) is 23.5 Å². The first-order valence-corrected chi connectivity index (χ1v) is 8.50. The van der Waals surface area contributed by atoms with Gasteiger partial charge in [0.1, 0.15) is 5.69 Å². The van der Waals surface area contributed by atoms with E-state index in [9.17, 15) is 14.4 Å². The lowest BCUT2D eigenvalue weighted by Gasteiger charge is -2.09. The number of nitrogens with zero attached hydrogens (tertiary/aromatic N) is 1.